The van der Waals surface area contributed by atoms with Crippen molar-refractivity contribution in [2.45, 2.75) is 26.3 Å². The molecule has 1 unspecified atom stereocenters. The number of pyridine rings is 1. The van der Waals surface area contributed by atoms with E-state index < -0.39 is 0 Å². The number of hydrogen-bond donors (Lipinski definition) is 1. The molecule has 1 atom stereocenters. The Kier molecular flexibility index (Phi) is 4.32. The Morgan fingerprint density at radius 1 is 1.14 bits per heavy atom. The van der Waals surface area contributed by atoms with Crippen LogP contribution in [0.1, 0.15) is 31.2 Å². The van der Waals surface area contributed by atoms with E-state index in [-0.39, 0.29) is 0 Å². The fraction of sp³-hybridized carbons (Fsp3) is 0.278. The van der Waals surface area contributed by atoms with Crippen LogP contribution in [0.15, 0.2) is 48.8 Å². The van der Waals surface area contributed by atoms with Gasteiger partial charge >= 0.3 is 0 Å². The first-order valence-corrected chi connectivity index (χ1v) is 8.31. The molecule has 3 heteroatoms. The van der Waals surface area contributed by atoms with Gasteiger partial charge in [0.25, 0.3) is 0 Å². The van der Waals surface area contributed by atoms with Gasteiger partial charge in [-0.15, -0.1) is 11.3 Å². The molecule has 2 heterocycles. The van der Waals surface area contributed by atoms with Crippen LogP contribution >= 0.6 is 11.3 Å². The highest BCUT2D eigenvalue weighted by molar-refractivity contribution is 7.15. The molecular formula is C18H20N2S. The Hall–Kier alpha value is -1.71. The minimum atomic E-state index is 0.460. The minimum Gasteiger partial charge on any atom is -0.310 e. The van der Waals surface area contributed by atoms with Gasteiger partial charge in [-0.25, -0.2) is 0 Å². The van der Waals surface area contributed by atoms with Gasteiger partial charge in [-0.2, -0.15) is 0 Å². The summed E-state index contributed by atoms with van der Waals surface area (Å²) in [7, 11) is 0. The molecule has 3 rings (SSSR count). The Bertz CT molecular complexity index is 727. The normalized spacial score (nSPS) is 12.7. The third kappa shape index (κ3) is 2.85. The van der Waals surface area contributed by atoms with E-state index in [9.17, 15) is 0 Å². The molecule has 1 N–H and O–H groups in total. The van der Waals surface area contributed by atoms with E-state index in [0.29, 0.717) is 6.04 Å². The Morgan fingerprint density at radius 3 is 2.86 bits per heavy atom. The monoisotopic (exact) mass is 296 g/mol. The van der Waals surface area contributed by atoms with Crippen molar-refractivity contribution in [3.8, 4) is 10.4 Å². The standard InChI is InChI=1S/C18H20N2S/c1-3-16(20-4-2)18-9-8-17(21-18)14-7-5-6-13-10-11-19-12-15(13)14/h5-12,16,20H,3-4H2,1-2H3. The summed E-state index contributed by atoms with van der Waals surface area (Å²) in [5.41, 5.74) is 1.28. The number of benzene rings is 1. The molecular weight excluding hydrogens is 276 g/mol. The molecule has 21 heavy (non-hydrogen) atoms. The summed E-state index contributed by atoms with van der Waals surface area (Å²) in [6.45, 7) is 5.39. The van der Waals surface area contributed by atoms with E-state index in [4.69, 9.17) is 0 Å². The molecule has 1 aromatic carbocycles. The van der Waals surface area contributed by atoms with Crippen molar-refractivity contribution in [1.82, 2.24) is 10.3 Å². The van der Waals surface area contributed by atoms with Gasteiger partial charge in [-0.1, -0.05) is 32.0 Å². The summed E-state index contributed by atoms with van der Waals surface area (Å²) in [5.74, 6) is 0. The van der Waals surface area contributed by atoms with Crippen LogP contribution < -0.4 is 5.32 Å². The highest BCUT2D eigenvalue weighted by Crippen LogP contribution is 2.35. The largest absolute Gasteiger partial charge is 0.310 e. The second-order valence-corrected chi connectivity index (χ2v) is 6.24. The van der Waals surface area contributed by atoms with Crippen molar-refractivity contribution >= 4 is 22.1 Å². The van der Waals surface area contributed by atoms with E-state index in [1.807, 2.05) is 23.7 Å². The Morgan fingerprint density at radius 2 is 2.05 bits per heavy atom. The smallest absolute Gasteiger partial charge is 0.0412 e. The third-order valence-electron chi connectivity index (χ3n) is 3.78. The first kappa shape index (κ1) is 14.2. The molecule has 3 aromatic rings. The number of hydrogen-bond acceptors (Lipinski definition) is 3. The predicted molar refractivity (Wildman–Crippen MR) is 91.8 cm³/mol. The zero-order chi connectivity index (χ0) is 14.7. The van der Waals surface area contributed by atoms with Crippen LogP contribution in [0.5, 0.6) is 0 Å². The van der Waals surface area contributed by atoms with E-state index in [0.717, 1.165) is 13.0 Å². The molecule has 0 fully saturated rings. The van der Waals surface area contributed by atoms with E-state index >= 15 is 0 Å². The Balaban J connectivity index is 2.02. The Labute approximate surface area is 129 Å². The molecule has 0 bridgehead atoms. The van der Waals surface area contributed by atoms with Crippen LogP contribution in [0, 0.1) is 0 Å². The van der Waals surface area contributed by atoms with Gasteiger partial charge in [0.1, 0.15) is 0 Å². The molecule has 0 radical (unpaired) electrons. The second kappa shape index (κ2) is 6.37. The minimum absolute atomic E-state index is 0.460. The van der Waals surface area contributed by atoms with Gasteiger partial charge < -0.3 is 5.32 Å². The van der Waals surface area contributed by atoms with Crippen LogP contribution in [0.4, 0.5) is 0 Å². The molecule has 2 aromatic heterocycles. The quantitative estimate of drug-likeness (QED) is 0.714. The number of fused-ring (bicyclic) bond motifs is 1. The molecule has 0 aliphatic heterocycles. The zero-order valence-corrected chi connectivity index (χ0v) is 13.3. The highest BCUT2D eigenvalue weighted by atomic mass is 32.1. The molecule has 0 amide bonds. The van der Waals surface area contributed by atoms with E-state index in [1.165, 1.54) is 26.1 Å². The first-order valence-electron chi connectivity index (χ1n) is 7.49. The van der Waals surface area contributed by atoms with Crippen LogP contribution in [-0.2, 0) is 0 Å². The van der Waals surface area contributed by atoms with Gasteiger partial charge in [0.15, 0.2) is 0 Å². The molecule has 0 aliphatic rings. The molecule has 0 spiro atoms. The van der Waals surface area contributed by atoms with Crippen LogP contribution in [-0.4, -0.2) is 11.5 Å². The van der Waals surface area contributed by atoms with Gasteiger partial charge in [0.2, 0.25) is 0 Å². The molecule has 108 valence electrons. The van der Waals surface area contributed by atoms with Crippen molar-refractivity contribution < 1.29 is 0 Å². The van der Waals surface area contributed by atoms with Crippen molar-refractivity contribution in [1.29, 1.82) is 0 Å². The summed E-state index contributed by atoms with van der Waals surface area (Å²) in [6.07, 6.45) is 4.93. The first-order chi connectivity index (χ1) is 10.3. The fourth-order valence-electron chi connectivity index (χ4n) is 2.71. The van der Waals surface area contributed by atoms with Gasteiger partial charge in [0, 0.05) is 39.1 Å². The lowest BCUT2D eigenvalue weighted by Crippen LogP contribution is -2.18. The maximum Gasteiger partial charge on any atom is 0.0412 e. The zero-order valence-electron chi connectivity index (χ0n) is 12.5. The third-order valence-corrected chi connectivity index (χ3v) is 5.01. The lowest BCUT2D eigenvalue weighted by molar-refractivity contribution is 0.545. The van der Waals surface area contributed by atoms with Crippen molar-refractivity contribution in [3.05, 3.63) is 53.7 Å². The number of rotatable bonds is 5. The summed E-state index contributed by atoms with van der Waals surface area (Å²) in [4.78, 5) is 7.01. The van der Waals surface area contributed by atoms with Crippen LogP contribution in [0.25, 0.3) is 21.2 Å². The lowest BCUT2D eigenvalue weighted by Gasteiger charge is -2.13. The van der Waals surface area contributed by atoms with Gasteiger partial charge in [0.05, 0.1) is 0 Å². The SMILES string of the molecule is CCNC(CC)c1ccc(-c2cccc3ccncc23)s1. The van der Waals surface area contributed by atoms with Crippen molar-refractivity contribution in [3.63, 3.8) is 0 Å². The summed E-state index contributed by atoms with van der Waals surface area (Å²) >= 11 is 1.88. The second-order valence-electron chi connectivity index (χ2n) is 5.12. The highest BCUT2D eigenvalue weighted by Gasteiger charge is 2.12. The molecule has 2 nitrogen and oxygen atoms in total. The van der Waals surface area contributed by atoms with Crippen molar-refractivity contribution in [2.24, 2.45) is 0 Å². The van der Waals surface area contributed by atoms with E-state index in [2.05, 4.69) is 60.5 Å². The summed E-state index contributed by atoms with van der Waals surface area (Å²) in [5, 5.41) is 6.02. The van der Waals surface area contributed by atoms with Crippen LogP contribution in [0.3, 0.4) is 0 Å². The molecule has 0 saturated carbocycles. The number of nitrogens with one attached hydrogen (secondary N) is 1. The number of thiophene rings is 1. The summed E-state index contributed by atoms with van der Waals surface area (Å²) < 4.78 is 0. The van der Waals surface area contributed by atoms with Crippen molar-refractivity contribution in [2.75, 3.05) is 6.54 Å². The topological polar surface area (TPSA) is 24.9 Å². The predicted octanol–water partition coefficient (Wildman–Crippen LogP) is 5.02. The molecule has 0 aliphatic carbocycles. The average Bonchev–Trinajstić information content (AvgIpc) is 3.01. The maximum absolute atomic E-state index is 4.28. The maximum atomic E-state index is 4.28. The lowest BCUT2D eigenvalue weighted by atomic mass is 10.1. The average molecular weight is 296 g/mol. The number of aromatic nitrogens is 1. The number of nitrogens with zero attached hydrogens (tertiary/aromatic N) is 1. The summed E-state index contributed by atoms with van der Waals surface area (Å²) in [6, 6.07) is 13.5. The van der Waals surface area contributed by atoms with E-state index in [1.54, 1.807) is 0 Å². The van der Waals surface area contributed by atoms with Crippen LogP contribution in [0.2, 0.25) is 0 Å². The molecule has 0 saturated heterocycles. The fourth-order valence-corrected chi connectivity index (χ4v) is 3.91. The van der Waals surface area contributed by atoms with Gasteiger partial charge in [-0.05, 0) is 36.6 Å². The van der Waals surface area contributed by atoms with Gasteiger partial charge in [-0.3, -0.25) is 4.98 Å².